The summed E-state index contributed by atoms with van der Waals surface area (Å²) >= 11 is 0. The zero-order valence-electron chi connectivity index (χ0n) is 13.1. The first-order valence-electron chi connectivity index (χ1n) is 8.61. The van der Waals surface area contributed by atoms with Crippen molar-refractivity contribution in [2.75, 3.05) is 0 Å². The van der Waals surface area contributed by atoms with Crippen LogP contribution in [0.2, 0.25) is 0 Å². The van der Waals surface area contributed by atoms with Gasteiger partial charge in [-0.25, -0.2) is 0 Å². The standard InChI is InChI=1S/C20H26O/c1-3-14-8-10-16(11-9-14)21-20(2)13-15-12-19(20)18-7-5-4-6-17(15)18/h3,8-11,15,17-19H,1,4-7,12-13H2,2H3. The van der Waals surface area contributed by atoms with Crippen LogP contribution in [-0.4, -0.2) is 5.60 Å². The third-order valence-electron chi connectivity index (χ3n) is 6.47. The Morgan fingerprint density at radius 2 is 1.86 bits per heavy atom. The summed E-state index contributed by atoms with van der Waals surface area (Å²) in [6, 6.07) is 8.41. The summed E-state index contributed by atoms with van der Waals surface area (Å²) in [7, 11) is 0. The first-order chi connectivity index (χ1) is 10.2. The van der Waals surface area contributed by atoms with Crippen molar-refractivity contribution in [1.82, 2.24) is 0 Å². The van der Waals surface area contributed by atoms with Gasteiger partial charge in [0.05, 0.1) is 0 Å². The Hall–Kier alpha value is -1.24. The van der Waals surface area contributed by atoms with Gasteiger partial charge in [-0.3, -0.25) is 0 Å². The lowest BCUT2D eigenvalue weighted by Crippen LogP contribution is -2.45. The minimum Gasteiger partial charge on any atom is -0.487 e. The maximum absolute atomic E-state index is 6.51. The van der Waals surface area contributed by atoms with Crippen LogP contribution in [0.4, 0.5) is 0 Å². The van der Waals surface area contributed by atoms with Crippen LogP contribution in [0.25, 0.3) is 6.08 Å². The third-order valence-corrected chi connectivity index (χ3v) is 6.47. The molecule has 0 heterocycles. The molecule has 0 radical (unpaired) electrons. The number of hydrogen-bond acceptors (Lipinski definition) is 1. The van der Waals surface area contributed by atoms with Crippen molar-refractivity contribution in [3.05, 3.63) is 36.4 Å². The van der Waals surface area contributed by atoms with E-state index >= 15 is 0 Å². The molecule has 112 valence electrons. The number of benzene rings is 1. The van der Waals surface area contributed by atoms with Crippen molar-refractivity contribution in [3.63, 3.8) is 0 Å². The lowest BCUT2D eigenvalue weighted by molar-refractivity contribution is -0.0265. The first kappa shape index (κ1) is 13.4. The van der Waals surface area contributed by atoms with E-state index < -0.39 is 0 Å². The Kier molecular flexibility index (Phi) is 3.13. The topological polar surface area (TPSA) is 9.23 Å². The molecule has 1 aromatic rings. The number of fused-ring (bicyclic) bond motifs is 5. The van der Waals surface area contributed by atoms with E-state index in [1.807, 2.05) is 6.08 Å². The number of ether oxygens (including phenoxy) is 1. The third kappa shape index (κ3) is 2.13. The van der Waals surface area contributed by atoms with Crippen molar-refractivity contribution in [3.8, 4) is 5.75 Å². The molecular weight excluding hydrogens is 256 g/mol. The molecule has 5 unspecified atom stereocenters. The second-order valence-corrected chi connectivity index (χ2v) is 7.61. The van der Waals surface area contributed by atoms with Gasteiger partial charge < -0.3 is 4.74 Å². The Labute approximate surface area is 128 Å². The SMILES string of the molecule is C=Cc1ccc(OC2(C)CC3CC2C2CCCCC32)cc1. The molecular formula is C20H26O. The first-order valence-corrected chi connectivity index (χ1v) is 8.61. The maximum atomic E-state index is 6.51. The monoisotopic (exact) mass is 282 g/mol. The molecule has 3 fully saturated rings. The molecule has 0 aliphatic heterocycles. The van der Waals surface area contributed by atoms with Crippen LogP contribution < -0.4 is 4.74 Å². The Morgan fingerprint density at radius 1 is 1.14 bits per heavy atom. The smallest absolute Gasteiger partial charge is 0.120 e. The Balaban J connectivity index is 1.53. The van der Waals surface area contributed by atoms with E-state index in [-0.39, 0.29) is 5.60 Å². The van der Waals surface area contributed by atoms with Gasteiger partial charge in [0.2, 0.25) is 0 Å². The fraction of sp³-hybridized carbons (Fsp3) is 0.600. The normalized spacial score (nSPS) is 40.8. The fourth-order valence-electron chi connectivity index (χ4n) is 5.62. The summed E-state index contributed by atoms with van der Waals surface area (Å²) < 4.78 is 6.51. The van der Waals surface area contributed by atoms with Crippen LogP contribution in [-0.2, 0) is 0 Å². The van der Waals surface area contributed by atoms with Gasteiger partial charge in [0.15, 0.2) is 0 Å². The van der Waals surface area contributed by atoms with E-state index in [1.54, 1.807) is 0 Å². The average Bonchev–Trinajstić information content (AvgIpc) is 3.03. The molecule has 1 heteroatoms. The van der Waals surface area contributed by atoms with Gasteiger partial charge in [0.25, 0.3) is 0 Å². The largest absolute Gasteiger partial charge is 0.487 e. The number of rotatable bonds is 3. The highest BCUT2D eigenvalue weighted by Crippen LogP contribution is 2.62. The summed E-state index contributed by atoms with van der Waals surface area (Å²) in [4.78, 5) is 0. The van der Waals surface area contributed by atoms with Crippen molar-refractivity contribution >= 4 is 6.08 Å². The summed E-state index contributed by atoms with van der Waals surface area (Å²) in [6.07, 6.45) is 10.4. The molecule has 21 heavy (non-hydrogen) atoms. The quantitative estimate of drug-likeness (QED) is 0.729. The van der Waals surface area contributed by atoms with E-state index in [2.05, 4.69) is 37.8 Å². The van der Waals surface area contributed by atoms with Gasteiger partial charge in [0.1, 0.15) is 11.4 Å². The molecule has 0 spiro atoms. The van der Waals surface area contributed by atoms with Crippen LogP contribution in [0.15, 0.2) is 30.8 Å². The molecule has 1 nitrogen and oxygen atoms in total. The van der Waals surface area contributed by atoms with Crippen LogP contribution in [0.5, 0.6) is 5.75 Å². The molecule has 5 atom stereocenters. The van der Waals surface area contributed by atoms with Crippen molar-refractivity contribution in [2.24, 2.45) is 23.7 Å². The highest BCUT2D eigenvalue weighted by molar-refractivity contribution is 5.48. The minimum absolute atomic E-state index is 0.0683. The summed E-state index contributed by atoms with van der Waals surface area (Å²) in [5, 5.41) is 0. The molecule has 4 rings (SSSR count). The fourth-order valence-corrected chi connectivity index (χ4v) is 5.62. The highest BCUT2D eigenvalue weighted by Gasteiger charge is 2.59. The molecule has 3 saturated carbocycles. The molecule has 0 aromatic heterocycles. The molecule has 0 amide bonds. The second kappa shape index (κ2) is 4.90. The van der Waals surface area contributed by atoms with Gasteiger partial charge in [-0.05, 0) is 68.1 Å². The van der Waals surface area contributed by atoms with E-state index in [1.165, 1.54) is 38.5 Å². The van der Waals surface area contributed by atoms with Gasteiger partial charge in [-0.1, -0.05) is 37.6 Å². The zero-order chi connectivity index (χ0) is 14.4. The Bertz CT molecular complexity index is 531. The van der Waals surface area contributed by atoms with Gasteiger partial charge >= 0.3 is 0 Å². The van der Waals surface area contributed by atoms with Gasteiger partial charge in [-0.15, -0.1) is 0 Å². The summed E-state index contributed by atoms with van der Waals surface area (Å²) in [5.74, 6) is 4.70. The summed E-state index contributed by atoms with van der Waals surface area (Å²) in [6.45, 7) is 6.18. The second-order valence-electron chi connectivity index (χ2n) is 7.61. The molecule has 1 aromatic carbocycles. The lowest BCUT2D eigenvalue weighted by atomic mass is 9.66. The van der Waals surface area contributed by atoms with E-state index in [0.29, 0.717) is 0 Å². The van der Waals surface area contributed by atoms with E-state index in [9.17, 15) is 0 Å². The Morgan fingerprint density at radius 3 is 2.57 bits per heavy atom. The minimum atomic E-state index is 0.0683. The van der Waals surface area contributed by atoms with Gasteiger partial charge in [-0.2, -0.15) is 0 Å². The zero-order valence-corrected chi connectivity index (χ0v) is 13.1. The highest BCUT2D eigenvalue weighted by atomic mass is 16.5. The molecule has 0 N–H and O–H groups in total. The predicted octanol–water partition coefficient (Wildman–Crippen LogP) is 5.31. The maximum Gasteiger partial charge on any atom is 0.120 e. The van der Waals surface area contributed by atoms with Crippen molar-refractivity contribution in [2.45, 2.75) is 51.0 Å². The summed E-state index contributed by atoms with van der Waals surface area (Å²) in [5.41, 5.74) is 1.23. The van der Waals surface area contributed by atoms with E-state index in [0.717, 1.165) is 35.0 Å². The molecule has 2 bridgehead atoms. The number of hydrogen-bond donors (Lipinski definition) is 0. The average molecular weight is 282 g/mol. The van der Waals surface area contributed by atoms with Crippen LogP contribution in [0, 0.1) is 23.7 Å². The van der Waals surface area contributed by atoms with Crippen LogP contribution in [0.3, 0.4) is 0 Å². The molecule has 0 saturated heterocycles. The van der Waals surface area contributed by atoms with E-state index in [4.69, 9.17) is 4.74 Å². The van der Waals surface area contributed by atoms with Crippen LogP contribution >= 0.6 is 0 Å². The lowest BCUT2D eigenvalue weighted by Gasteiger charge is -2.44. The molecule has 3 aliphatic carbocycles. The van der Waals surface area contributed by atoms with Gasteiger partial charge in [0, 0.05) is 5.92 Å². The predicted molar refractivity (Wildman–Crippen MR) is 87.2 cm³/mol. The van der Waals surface area contributed by atoms with Crippen LogP contribution in [0.1, 0.15) is 51.0 Å². The van der Waals surface area contributed by atoms with Crippen molar-refractivity contribution < 1.29 is 4.74 Å². The van der Waals surface area contributed by atoms with Crippen molar-refractivity contribution in [1.29, 1.82) is 0 Å². The molecule has 3 aliphatic rings.